The fourth-order valence-electron chi connectivity index (χ4n) is 1.32. The lowest BCUT2D eigenvalue weighted by atomic mass is 10.2. The van der Waals surface area contributed by atoms with Crippen molar-refractivity contribution in [3.05, 3.63) is 30.1 Å². The second-order valence-electron chi connectivity index (χ2n) is 4.10. The molecule has 0 aromatic heterocycles. The van der Waals surface area contributed by atoms with Crippen LogP contribution in [0.25, 0.3) is 0 Å². The molecule has 0 fully saturated rings. The van der Waals surface area contributed by atoms with Gasteiger partial charge in [-0.15, -0.1) is 24.2 Å². The van der Waals surface area contributed by atoms with Crippen LogP contribution in [-0.2, 0) is 4.79 Å². The maximum Gasteiger partial charge on any atom is 0.223 e. The standard InChI is InChI=1S/C13H19FN2OS.ClH/c1-10(13(17)16-8-2-7-15)9-18-12-5-3-11(14)4-6-12;/h3-6,10H,2,7-9,15H2,1H3,(H,16,17);1H. The third-order valence-corrected chi connectivity index (χ3v) is 3.71. The number of carbonyl (C=O) groups excluding carboxylic acids is 1. The van der Waals surface area contributed by atoms with Crippen LogP contribution in [0.1, 0.15) is 13.3 Å². The molecule has 0 radical (unpaired) electrons. The molecule has 1 atom stereocenters. The molecular weight excluding hydrogens is 287 g/mol. The number of carbonyl (C=O) groups is 1. The van der Waals surface area contributed by atoms with Crippen LogP contribution >= 0.6 is 24.2 Å². The quantitative estimate of drug-likeness (QED) is 0.601. The van der Waals surface area contributed by atoms with Crippen molar-refractivity contribution in [1.29, 1.82) is 0 Å². The molecule has 3 N–H and O–H groups in total. The van der Waals surface area contributed by atoms with Gasteiger partial charge in [0.05, 0.1) is 0 Å². The highest BCUT2D eigenvalue weighted by Gasteiger charge is 2.12. The molecule has 3 nitrogen and oxygen atoms in total. The predicted octanol–water partition coefficient (Wildman–Crippen LogP) is 2.44. The van der Waals surface area contributed by atoms with Crippen LogP contribution in [0.4, 0.5) is 4.39 Å². The van der Waals surface area contributed by atoms with E-state index in [1.54, 1.807) is 23.9 Å². The Morgan fingerprint density at radius 1 is 1.42 bits per heavy atom. The lowest BCUT2D eigenvalue weighted by Gasteiger charge is -2.11. The highest BCUT2D eigenvalue weighted by Crippen LogP contribution is 2.20. The van der Waals surface area contributed by atoms with Crippen molar-refractivity contribution in [3.8, 4) is 0 Å². The van der Waals surface area contributed by atoms with Gasteiger partial charge in [0.1, 0.15) is 5.82 Å². The van der Waals surface area contributed by atoms with E-state index in [4.69, 9.17) is 5.73 Å². The van der Waals surface area contributed by atoms with E-state index in [-0.39, 0.29) is 30.0 Å². The third-order valence-electron chi connectivity index (χ3n) is 2.44. The fourth-order valence-corrected chi connectivity index (χ4v) is 2.24. The molecule has 0 spiro atoms. The van der Waals surface area contributed by atoms with Gasteiger partial charge < -0.3 is 11.1 Å². The maximum absolute atomic E-state index is 12.7. The van der Waals surface area contributed by atoms with Gasteiger partial charge in [0.15, 0.2) is 0 Å². The van der Waals surface area contributed by atoms with E-state index in [2.05, 4.69) is 5.32 Å². The van der Waals surface area contributed by atoms with Gasteiger partial charge in [0, 0.05) is 23.1 Å². The third kappa shape index (κ3) is 7.40. The topological polar surface area (TPSA) is 55.1 Å². The van der Waals surface area contributed by atoms with E-state index in [1.165, 1.54) is 12.1 Å². The summed E-state index contributed by atoms with van der Waals surface area (Å²) in [6, 6.07) is 6.29. The molecule has 1 aromatic rings. The van der Waals surface area contributed by atoms with Crippen molar-refractivity contribution < 1.29 is 9.18 Å². The molecule has 1 unspecified atom stereocenters. The summed E-state index contributed by atoms with van der Waals surface area (Å²) in [5.74, 6) is 0.405. The molecule has 6 heteroatoms. The normalized spacial score (nSPS) is 11.5. The molecule has 0 aliphatic heterocycles. The largest absolute Gasteiger partial charge is 0.356 e. The Labute approximate surface area is 123 Å². The van der Waals surface area contributed by atoms with Gasteiger partial charge in [0.2, 0.25) is 5.91 Å². The number of hydrogen-bond donors (Lipinski definition) is 2. The summed E-state index contributed by atoms with van der Waals surface area (Å²) < 4.78 is 12.7. The summed E-state index contributed by atoms with van der Waals surface area (Å²) in [4.78, 5) is 12.6. The molecule has 1 rings (SSSR count). The van der Waals surface area contributed by atoms with Crippen LogP contribution in [0, 0.1) is 11.7 Å². The van der Waals surface area contributed by atoms with Gasteiger partial charge in [-0.1, -0.05) is 6.92 Å². The lowest BCUT2D eigenvalue weighted by molar-refractivity contribution is -0.123. The van der Waals surface area contributed by atoms with Gasteiger partial charge in [0.25, 0.3) is 0 Å². The van der Waals surface area contributed by atoms with E-state index in [9.17, 15) is 9.18 Å². The van der Waals surface area contributed by atoms with Gasteiger partial charge >= 0.3 is 0 Å². The van der Waals surface area contributed by atoms with Crippen molar-refractivity contribution >= 4 is 30.1 Å². The maximum atomic E-state index is 12.7. The number of amides is 1. The van der Waals surface area contributed by atoms with Crippen molar-refractivity contribution in [1.82, 2.24) is 5.32 Å². The smallest absolute Gasteiger partial charge is 0.223 e. The Morgan fingerprint density at radius 3 is 2.63 bits per heavy atom. The van der Waals surface area contributed by atoms with E-state index in [1.807, 2.05) is 6.92 Å². The highest BCUT2D eigenvalue weighted by atomic mass is 35.5. The summed E-state index contributed by atoms with van der Waals surface area (Å²) in [5.41, 5.74) is 5.35. The molecule has 1 aromatic carbocycles. The average molecular weight is 307 g/mol. The summed E-state index contributed by atoms with van der Waals surface area (Å²) >= 11 is 1.55. The van der Waals surface area contributed by atoms with Gasteiger partial charge in [-0.3, -0.25) is 4.79 Å². The van der Waals surface area contributed by atoms with Crippen LogP contribution in [-0.4, -0.2) is 24.7 Å². The number of nitrogens with two attached hydrogens (primary N) is 1. The fraction of sp³-hybridized carbons (Fsp3) is 0.462. The van der Waals surface area contributed by atoms with Crippen LogP contribution in [0.3, 0.4) is 0 Å². The monoisotopic (exact) mass is 306 g/mol. The SMILES string of the molecule is CC(CSc1ccc(F)cc1)C(=O)NCCCN.Cl. The minimum absolute atomic E-state index is 0. The Morgan fingerprint density at radius 2 is 2.05 bits per heavy atom. The minimum Gasteiger partial charge on any atom is -0.356 e. The number of nitrogens with one attached hydrogen (secondary N) is 1. The van der Waals surface area contributed by atoms with Crippen molar-refractivity contribution in [3.63, 3.8) is 0 Å². The zero-order chi connectivity index (χ0) is 13.4. The zero-order valence-corrected chi connectivity index (χ0v) is 12.5. The van der Waals surface area contributed by atoms with Crippen molar-refractivity contribution in [2.45, 2.75) is 18.2 Å². The summed E-state index contributed by atoms with van der Waals surface area (Å²) in [6.45, 7) is 3.09. The first-order chi connectivity index (χ1) is 8.63. The molecule has 0 aliphatic carbocycles. The molecule has 19 heavy (non-hydrogen) atoms. The van der Waals surface area contributed by atoms with Crippen LogP contribution in [0.15, 0.2) is 29.2 Å². The Balaban J connectivity index is 0.00000324. The predicted molar refractivity (Wildman–Crippen MR) is 80.2 cm³/mol. The van der Waals surface area contributed by atoms with Crippen LogP contribution < -0.4 is 11.1 Å². The lowest BCUT2D eigenvalue weighted by Crippen LogP contribution is -2.31. The number of halogens is 2. The number of thioether (sulfide) groups is 1. The molecule has 0 aliphatic rings. The van der Waals surface area contributed by atoms with E-state index >= 15 is 0 Å². The number of benzene rings is 1. The van der Waals surface area contributed by atoms with Gasteiger partial charge in [-0.2, -0.15) is 0 Å². The van der Waals surface area contributed by atoms with Crippen molar-refractivity contribution in [2.75, 3.05) is 18.8 Å². The Bertz CT molecular complexity index is 375. The minimum atomic E-state index is -0.244. The first kappa shape index (κ1) is 18.2. The molecule has 0 saturated heterocycles. The van der Waals surface area contributed by atoms with Gasteiger partial charge in [-0.25, -0.2) is 4.39 Å². The second-order valence-corrected chi connectivity index (χ2v) is 5.19. The van der Waals surface area contributed by atoms with E-state index in [0.29, 0.717) is 18.8 Å². The summed E-state index contributed by atoms with van der Waals surface area (Å²) in [7, 11) is 0. The first-order valence-corrected chi connectivity index (χ1v) is 6.98. The number of hydrogen-bond acceptors (Lipinski definition) is 3. The Kier molecular flexibility index (Phi) is 9.65. The summed E-state index contributed by atoms with van der Waals surface area (Å²) in [6.07, 6.45) is 0.795. The molecule has 1 amide bonds. The molecule has 108 valence electrons. The molecular formula is C13H20ClFN2OS. The number of rotatable bonds is 7. The highest BCUT2D eigenvalue weighted by molar-refractivity contribution is 7.99. The van der Waals surface area contributed by atoms with E-state index < -0.39 is 0 Å². The second kappa shape index (κ2) is 10.1. The van der Waals surface area contributed by atoms with E-state index in [0.717, 1.165) is 11.3 Å². The molecule has 0 saturated carbocycles. The zero-order valence-electron chi connectivity index (χ0n) is 10.9. The molecule has 0 bridgehead atoms. The van der Waals surface area contributed by atoms with Crippen LogP contribution in [0.2, 0.25) is 0 Å². The van der Waals surface area contributed by atoms with Crippen molar-refractivity contribution in [2.24, 2.45) is 11.7 Å². The summed E-state index contributed by atoms with van der Waals surface area (Å²) in [5, 5.41) is 2.84. The molecule has 0 heterocycles. The van der Waals surface area contributed by atoms with Gasteiger partial charge in [-0.05, 0) is 37.2 Å². The average Bonchev–Trinajstić information content (AvgIpc) is 2.38. The Hall–Kier alpha value is -0.780. The van der Waals surface area contributed by atoms with Crippen LogP contribution in [0.5, 0.6) is 0 Å². The first-order valence-electron chi connectivity index (χ1n) is 5.99.